The highest BCUT2D eigenvalue weighted by atomic mass is 16.6. The Morgan fingerprint density at radius 2 is 1.05 bits per heavy atom. The number of aliphatic hydroxyl groups is 1. The predicted molar refractivity (Wildman–Crippen MR) is 139 cm³/mol. The Morgan fingerprint density at radius 3 is 1.40 bits per heavy atom. The van der Waals surface area contributed by atoms with Crippen molar-refractivity contribution in [2.24, 2.45) is 0 Å². The van der Waals surface area contributed by atoms with Gasteiger partial charge in [0.05, 0.1) is 112 Å². The maximum Gasteiger partial charge on any atom is 0.305 e. The Morgan fingerprint density at radius 1 is 0.675 bits per heavy atom. The zero-order valence-corrected chi connectivity index (χ0v) is 23.0. The molecule has 0 radical (unpaired) electrons. The van der Waals surface area contributed by atoms with E-state index in [4.69, 9.17) is 43.0 Å². The molecule has 0 spiro atoms. The molecule has 2 amide bonds. The van der Waals surface area contributed by atoms with E-state index >= 15 is 0 Å². The molecule has 40 heavy (non-hydrogen) atoms. The molecule has 1 heterocycles. The molecular formula is C25H44N2O13. The van der Waals surface area contributed by atoms with Crippen LogP contribution in [0, 0.1) is 0 Å². The minimum atomic E-state index is -1.06. The Kier molecular flexibility index (Phi) is 23.0. The van der Waals surface area contributed by atoms with Gasteiger partial charge in [-0.1, -0.05) is 0 Å². The third-order valence-electron chi connectivity index (χ3n) is 4.96. The largest absolute Gasteiger partial charge is 0.481 e. The molecule has 0 bridgehead atoms. The van der Waals surface area contributed by atoms with Gasteiger partial charge >= 0.3 is 5.97 Å². The summed E-state index contributed by atoms with van der Waals surface area (Å²) in [6, 6.07) is 0. The lowest BCUT2D eigenvalue weighted by atomic mass is 10.4. The van der Waals surface area contributed by atoms with Crippen molar-refractivity contribution in [3.63, 3.8) is 0 Å². The summed E-state index contributed by atoms with van der Waals surface area (Å²) >= 11 is 0. The number of carbonyl (C=O) groups excluding carboxylic acids is 2. The molecule has 1 rings (SSSR count). The maximum atomic E-state index is 11.8. The van der Waals surface area contributed by atoms with Gasteiger partial charge in [0, 0.05) is 12.6 Å². The van der Waals surface area contributed by atoms with Gasteiger partial charge in [-0.15, -0.1) is 0 Å². The molecule has 1 aliphatic rings. The molecule has 232 valence electrons. The first kappa shape index (κ1) is 35.8. The van der Waals surface area contributed by atoms with E-state index < -0.39 is 18.1 Å². The summed E-state index contributed by atoms with van der Waals surface area (Å²) in [5.74, 6) is -1.65. The molecule has 1 atom stereocenters. The molecule has 0 aromatic carbocycles. The third kappa shape index (κ3) is 21.6. The second-order valence-corrected chi connectivity index (χ2v) is 8.13. The Balaban J connectivity index is 1.68. The first-order valence-corrected chi connectivity index (χ1v) is 13.3. The van der Waals surface area contributed by atoms with E-state index in [9.17, 15) is 19.5 Å². The van der Waals surface area contributed by atoms with Crippen LogP contribution in [-0.2, 0) is 52.3 Å². The van der Waals surface area contributed by atoms with E-state index in [0.29, 0.717) is 106 Å². The van der Waals surface area contributed by atoms with Gasteiger partial charge in [0.1, 0.15) is 12.8 Å². The van der Waals surface area contributed by atoms with Crippen molar-refractivity contribution in [1.82, 2.24) is 10.2 Å². The molecule has 0 saturated carbocycles. The summed E-state index contributed by atoms with van der Waals surface area (Å²) in [4.78, 5) is 34.6. The smallest absolute Gasteiger partial charge is 0.305 e. The number of nitrogens with zero attached hydrogens (tertiary/aromatic N) is 1. The van der Waals surface area contributed by atoms with Gasteiger partial charge in [0.25, 0.3) is 0 Å². The number of ether oxygens (including phenoxy) is 8. The molecule has 3 N–H and O–H groups in total. The minimum absolute atomic E-state index is 0.0116. The van der Waals surface area contributed by atoms with E-state index in [1.165, 1.54) is 12.2 Å². The van der Waals surface area contributed by atoms with Crippen LogP contribution in [0.5, 0.6) is 0 Å². The first-order chi connectivity index (χ1) is 19.5. The second-order valence-electron chi connectivity index (χ2n) is 8.13. The molecular weight excluding hydrogens is 536 g/mol. The van der Waals surface area contributed by atoms with Crippen molar-refractivity contribution >= 4 is 17.8 Å². The topological polar surface area (TPSA) is 181 Å². The summed E-state index contributed by atoms with van der Waals surface area (Å²) < 4.78 is 42.7. The van der Waals surface area contributed by atoms with Gasteiger partial charge in [0.15, 0.2) is 0 Å². The van der Waals surface area contributed by atoms with E-state index in [2.05, 4.69) is 5.32 Å². The summed E-state index contributed by atoms with van der Waals surface area (Å²) in [7, 11) is 0. The van der Waals surface area contributed by atoms with Crippen molar-refractivity contribution in [1.29, 1.82) is 0 Å². The number of carboxylic acid groups (broad SMARTS) is 1. The number of nitrogens with one attached hydrogen (secondary N) is 1. The van der Waals surface area contributed by atoms with Crippen LogP contribution in [0.15, 0.2) is 12.2 Å². The standard InChI is InChI=1S/C25H44N2O13/c28-22(21-27-23(29)1-2-24(27)30)26-4-6-34-8-10-36-12-14-38-16-18-40-20-19-39-17-15-37-13-11-35-9-7-33-5-3-25(31)32/h1-2,23,29H,3-21H2,(H,26,28)(H,31,32). The quantitative estimate of drug-likeness (QED) is 0.0864. The number of aliphatic carboxylic acids is 1. The lowest BCUT2D eigenvalue weighted by molar-refractivity contribution is -0.138. The van der Waals surface area contributed by atoms with E-state index in [-0.39, 0.29) is 25.5 Å². The molecule has 0 aromatic heterocycles. The van der Waals surface area contributed by atoms with Crippen molar-refractivity contribution in [3.8, 4) is 0 Å². The minimum Gasteiger partial charge on any atom is -0.481 e. The average molecular weight is 581 g/mol. The number of carboxylic acids is 1. The monoisotopic (exact) mass is 580 g/mol. The molecule has 1 unspecified atom stereocenters. The van der Waals surface area contributed by atoms with Crippen LogP contribution in [0.25, 0.3) is 0 Å². The summed E-state index contributed by atoms with van der Waals surface area (Å²) in [6.45, 7) is 6.55. The van der Waals surface area contributed by atoms with Crippen LogP contribution in [-0.4, -0.2) is 158 Å². The predicted octanol–water partition coefficient (Wildman–Crippen LogP) is -1.57. The van der Waals surface area contributed by atoms with Crippen molar-refractivity contribution in [3.05, 3.63) is 12.2 Å². The SMILES string of the molecule is O=C(O)CCOCCOCCOCCOCCOCCOCCOCCOCCNC(=O)CN1C(=O)C=CC1O. The molecule has 1 aliphatic heterocycles. The normalized spacial score (nSPS) is 14.8. The number of hydrogen-bond acceptors (Lipinski definition) is 12. The number of aliphatic hydroxyl groups excluding tert-OH is 1. The lowest BCUT2D eigenvalue weighted by Crippen LogP contribution is -2.43. The third-order valence-corrected chi connectivity index (χ3v) is 4.96. The summed E-state index contributed by atoms with van der Waals surface area (Å²) in [5, 5.41) is 20.6. The van der Waals surface area contributed by atoms with Crippen molar-refractivity contribution in [2.45, 2.75) is 12.6 Å². The van der Waals surface area contributed by atoms with Crippen LogP contribution >= 0.6 is 0 Å². The Hall–Kier alpha value is -2.21. The van der Waals surface area contributed by atoms with Crippen LogP contribution in [0.3, 0.4) is 0 Å². The maximum absolute atomic E-state index is 11.8. The van der Waals surface area contributed by atoms with E-state index in [1.54, 1.807) is 0 Å². The van der Waals surface area contributed by atoms with Crippen molar-refractivity contribution < 1.29 is 62.5 Å². The second kappa shape index (κ2) is 25.7. The molecule has 15 nitrogen and oxygen atoms in total. The van der Waals surface area contributed by atoms with E-state index in [1.807, 2.05) is 0 Å². The number of hydrogen-bond donors (Lipinski definition) is 3. The molecule has 0 aromatic rings. The number of rotatable bonds is 29. The number of carbonyl (C=O) groups is 3. The fourth-order valence-electron chi connectivity index (χ4n) is 2.94. The zero-order valence-electron chi connectivity index (χ0n) is 23.0. The highest BCUT2D eigenvalue weighted by Gasteiger charge is 2.25. The van der Waals surface area contributed by atoms with Gasteiger partial charge in [-0.25, -0.2) is 0 Å². The molecule has 0 fully saturated rings. The average Bonchev–Trinajstić information content (AvgIpc) is 3.24. The van der Waals surface area contributed by atoms with Gasteiger partial charge in [-0.2, -0.15) is 0 Å². The highest BCUT2D eigenvalue weighted by Crippen LogP contribution is 2.07. The van der Waals surface area contributed by atoms with Gasteiger partial charge in [-0.05, 0) is 6.08 Å². The van der Waals surface area contributed by atoms with Crippen molar-refractivity contribution in [2.75, 3.05) is 119 Å². The zero-order chi connectivity index (χ0) is 29.1. The molecule has 0 aliphatic carbocycles. The lowest BCUT2D eigenvalue weighted by Gasteiger charge is -2.19. The van der Waals surface area contributed by atoms with E-state index in [0.717, 1.165) is 4.90 Å². The molecule has 0 saturated heterocycles. The van der Waals surface area contributed by atoms with Crippen LogP contribution < -0.4 is 5.32 Å². The van der Waals surface area contributed by atoms with Gasteiger partial charge in [-0.3, -0.25) is 14.4 Å². The summed E-state index contributed by atoms with van der Waals surface area (Å²) in [5.41, 5.74) is 0. The summed E-state index contributed by atoms with van der Waals surface area (Å²) in [6.07, 6.45) is 1.49. The fourth-order valence-corrected chi connectivity index (χ4v) is 2.94. The molecule has 15 heteroatoms. The van der Waals surface area contributed by atoms with Crippen LogP contribution in [0.2, 0.25) is 0 Å². The Bertz CT molecular complexity index is 696. The highest BCUT2D eigenvalue weighted by molar-refractivity contribution is 5.93. The first-order valence-electron chi connectivity index (χ1n) is 13.3. The van der Waals surface area contributed by atoms with Crippen LogP contribution in [0.4, 0.5) is 0 Å². The number of amides is 2. The fraction of sp³-hybridized carbons (Fsp3) is 0.800. The Labute approximate surface area is 234 Å². The van der Waals surface area contributed by atoms with Gasteiger partial charge < -0.3 is 58.3 Å². The van der Waals surface area contributed by atoms with Gasteiger partial charge in [0.2, 0.25) is 11.8 Å². The van der Waals surface area contributed by atoms with Crippen LogP contribution in [0.1, 0.15) is 6.42 Å².